The molecule has 1 aromatic carbocycles. The zero-order valence-electron chi connectivity index (χ0n) is 16.3. The highest BCUT2D eigenvalue weighted by Gasteiger charge is 2.14. The molecule has 0 saturated carbocycles. The van der Waals surface area contributed by atoms with Gasteiger partial charge in [-0.1, -0.05) is 6.07 Å². The maximum absolute atomic E-state index is 13.6. The van der Waals surface area contributed by atoms with E-state index < -0.39 is 0 Å². The largest absolute Gasteiger partial charge is 0.494 e. The van der Waals surface area contributed by atoms with Crippen LogP contribution >= 0.6 is 0 Å². The van der Waals surface area contributed by atoms with Crippen LogP contribution in [0.3, 0.4) is 0 Å². The monoisotopic (exact) mass is 403 g/mol. The second-order valence-corrected chi connectivity index (χ2v) is 6.96. The fourth-order valence-corrected chi connectivity index (χ4v) is 3.43. The van der Waals surface area contributed by atoms with Gasteiger partial charge in [-0.2, -0.15) is 10.2 Å². The van der Waals surface area contributed by atoms with Crippen molar-refractivity contribution in [3.63, 3.8) is 0 Å². The van der Waals surface area contributed by atoms with Crippen molar-refractivity contribution in [3.8, 4) is 28.1 Å². The number of nitrogens with one attached hydrogen (secondary N) is 2. The lowest BCUT2D eigenvalue weighted by molar-refractivity contribution is 0.385. The fraction of sp³-hybridized carbons (Fsp3) is 0.143. The number of hydrogen-bond acceptors (Lipinski definition) is 5. The van der Waals surface area contributed by atoms with Crippen LogP contribution in [0.2, 0.25) is 0 Å². The number of aromatic amines is 2. The Hall–Kier alpha value is -4.01. The van der Waals surface area contributed by atoms with Crippen molar-refractivity contribution in [2.24, 2.45) is 0 Å². The molecule has 0 unspecified atom stereocenters. The summed E-state index contributed by atoms with van der Waals surface area (Å²) in [4.78, 5) is 12.4. The first-order chi connectivity index (χ1) is 14.6. The number of halogens is 1. The second kappa shape index (κ2) is 7.11. The fourth-order valence-electron chi connectivity index (χ4n) is 3.43. The van der Waals surface area contributed by atoms with E-state index in [1.54, 1.807) is 35.4 Å². The van der Waals surface area contributed by atoms with Gasteiger partial charge in [0.2, 0.25) is 0 Å². The minimum absolute atomic E-state index is 0.217. The van der Waals surface area contributed by atoms with E-state index in [0.717, 1.165) is 39.2 Å². The molecule has 0 aliphatic heterocycles. The Morgan fingerprint density at radius 3 is 2.87 bits per heavy atom. The molecule has 0 amide bonds. The van der Waals surface area contributed by atoms with Crippen LogP contribution in [0.4, 0.5) is 4.39 Å². The first-order valence-electron chi connectivity index (χ1n) is 9.32. The van der Waals surface area contributed by atoms with Gasteiger partial charge in [0.25, 0.3) is 0 Å². The maximum atomic E-state index is 13.6. The van der Waals surface area contributed by atoms with Gasteiger partial charge < -0.3 is 9.72 Å². The summed E-state index contributed by atoms with van der Waals surface area (Å²) in [6, 6.07) is 4.79. The molecule has 0 saturated heterocycles. The maximum Gasteiger partial charge on any atom is 0.165 e. The highest BCUT2D eigenvalue weighted by atomic mass is 19.1. The number of nitrogens with zero attached hydrogens (tertiary/aromatic N) is 5. The summed E-state index contributed by atoms with van der Waals surface area (Å²) in [5, 5.41) is 11.4. The molecule has 150 valence electrons. The molecule has 2 N–H and O–H groups in total. The molecule has 0 bridgehead atoms. The minimum Gasteiger partial charge on any atom is -0.494 e. The highest BCUT2D eigenvalue weighted by molar-refractivity contribution is 5.91. The van der Waals surface area contributed by atoms with Crippen molar-refractivity contribution in [3.05, 3.63) is 66.3 Å². The molecular weight excluding hydrogens is 385 g/mol. The van der Waals surface area contributed by atoms with Crippen molar-refractivity contribution < 1.29 is 9.13 Å². The smallest absolute Gasteiger partial charge is 0.165 e. The lowest BCUT2D eigenvalue weighted by Gasteiger charge is -2.06. The lowest BCUT2D eigenvalue weighted by Crippen LogP contribution is -2.00. The molecule has 0 aliphatic carbocycles. The third-order valence-electron chi connectivity index (χ3n) is 4.99. The number of rotatable bonds is 5. The average Bonchev–Trinajstić information content (AvgIpc) is 3.48. The number of methoxy groups -OCH3 is 1. The zero-order chi connectivity index (χ0) is 20.7. The third kappa shape index (κ3) is 3.10. The molecule has 0 spiro atoms. The van der Waals surface area contributed by atoms with Gasteiger partial charge in [0.1, 0.15) is 5.52 Å². The van der Waals surface area contributed by atoms with Gasteiger partial charge in [-0.25, -0.2) is 14.4 Å². The van der Waals surface area contributed by atoms with Crippen LogP contribution in [0.5, 0.6) is 5.75 Å². The Bertz CT molecular complexity index is 1350. The van der Waals surface area contributed by atoms with Gasteiger partial charge in [0, 0.05) is 34.8 Å². The molecule has 4 heterocycles. The number of aryl methyl sites for hydroxylation is 1. The molecule has 8 nitrogen and oxygen atoms in total. The molecule has 4 aromatic heterocycles. The van der Waals surface area contributed by atoms with E-state index >= 15 is 0 Å². The summed E-state index contributed by atoms with van der Waals surface area (Å²) in [7, 11) is 1.45. The molecule has 0 fully saturated rings. The van der Waals surface area contributed by atoms with Gasteiger partial charge in [0.05, 0.1) is 37.9 Å². The number of aromatic nitrogens is 7. The van der Waals surface area contributed by atoms with Crippen LogP contribution in [-0.2, 0) is 6.54 Å². The van der Waals surface area contributed by atoms with Crippen molar-refractivity contribution in [1.82, 2.24) is 34.9 Å². The predicted molar refractivity (Wildman–Crippen MR) is 109 cm³/mol. The van der Waals surface area contributed by atoms with E-state index in [0.29, 0.717) is 12.2 Å². The van der Waals surface area contributed by atoms with E-state index in [4.69, 9.17) is 9.72 Å². The standard InChI is InChI=1S/C21H18FN7O/c1-12-15(8-25-28-12)18-9-24-21-20(27-18)16(7-23-21)14-6-26-29(11-14)10-13-3-4-17(22)19(5-13)30-2/h3-9,11H,10H2,1-2H3,(H,23,24)(H,25,28). The van der Waals surface area contributed by atoms with Crippen molar-refractivity contribution >= 4 is 11.2 Å². The molecule has 5 aromatic rings. The van der Waals surface area contributed by atoms with Gasteiger partial charge in [-0.3, -0.25) is 9.78 Å². The summed E-state index contributed by atoms with van der Waals surface area (Å²) in [5.41, 5.74) is 6.76. The normalized spacial score (nSPS) is 11.3. The summed E-state index contributed by atoms with van der Waals surface area (Å²) in [5.74, 6) is -0.169. The molecule has 30 heavy (non-hydrogen) atoms. The van der Waals surface area contributed by atoms with Crippen LogP contribution in [0, 0.1) is 12.7 Å². The molecule has 0 aliphatic rings. The Kier molecular flexibility index (Phi) is 4.27. The van der Waals surface area contributed by atoms with E-state index in [1.807, 2.05) is 19.3 Å². The number of ether oxygens (including phenoxy) is 1. The van der Waals surface area contributed by atoms with Gasteiger partial charge >= 0.3 is 0 Å². The van der Waals surface area contributed by atoms with Crippen LogP contribution in [0.25, 0.3) is 33.5 Å². The Morgan fingerprint density at radius 2 is 2.07 bits per heavy atom. The van der Waals surface area contributed by atoms with E-state index in [2.05, 4.69) is 25.3 Å². The van der Waals surface area contributed by atoms with Crippen LogP contribution in [0.1, 0.15) is 11.3 Å². The average molecular weight is 403 g/mol. The number of hydrogen-bond donors (Lipinski definition) is 2. The summed E-state index contributed by atoms with van der Waals surface area (Å²) in [6.45, 7) is 2.44. The van der Waals surface area contributed by atoms with Crippen molar-refractivity contribution in [2.45, 2.75) is 13.5 Å². The van der Waals surface area contributed by atoms with Crippen LogP contribution in [-0.4, -0.2) is 42.0 Å². The highest BCUT2D eigenvalue weighted by Crippen LogP contribution is 2.29. The van der Waals surface area contributed by atoms with Gasteiger partial charge in [-0.05, 0) is 24.6 Å². The van der Waals surface area contributed by atoms with Crippen LogP contribution in [0.15, 0.2) is 49.2 Å². The molecule has 5 rings (SSSR count). The van der Waals surface area contributed by atoms with E-state index in [9.17, 15) is 4.39 Å². The van der Waals surface area contributed by atoms with Gasteiger partial charge in [-0.15, -0.1) is 0 Å². The van der Waals surface area contributed by atoms with E-state index in [1.165, 1.54) is 13.2 Å². The Balaban J connectivity index is 1.48. The predicted octanol–water partition coefficient (Wildman–Crippen LogP) is 3.72. The molecule has 0 atom stereocenters. The molecule has 9 heteroatoms. The Labute approximate surface area is 170 Å². The summed E-state index contributed by atoms with van der Waals surface area (Å²) in [6.07, 6.45) is 9.05. The third-order valence-corrected chi connectivity index (χ3v) is 4.99. The first-order valence-corrected chi connectivity index (χ1v) is 9.32. The second-order valence-electron chi connectivity index (χ2n) is 6.96. The summed E-state index contributed by atoms with van der Waals surface area (Å²) >= 11 is 0. The van der Waals surface area contributed by atoms with Crippen molar-refractivity contribution in [2.75, 3.05) is 7.11 Å². The van der Waals surface area contributed by atoms with E-state index in [-0.39, 0.29) is 11.6 Å². The molecule has 0 radical (unpaired) electrons. The minimum atomic E-state index is -0.386. The quantitative estimate of drug-likeness (QED) is 0.466. The number of fused-ring (bicyclic) bond motifs is 1. The van der Waals surface area contributed by atoms with Crippen LogP contribution < -0.4 is 4.74 Å². The van der Waals surface area contributed by atoms with Gasteiger partial charge in [0.15, 0.2) is 17.2 Å². The topological polar surface area (TPSA) is 97.3 Å². The first kappa shape index (κ1) is 18.0. The lowest BCUT2D eigenvalue weighted by atomic mass is 10.1. The number of benzene rings is 1. The molecular formula is C21H18FN7O. The number of H-pyrrole nitrogens is 2. The summed E-state index contributed by atoms with van der Waals surface area (Å²) < 4.78 is 20.5. The van der Waals surface area contributed by atoms with Crippen molar-refractivity contribution in [1.29, 1.82) is 0 Å². The SMILES string of the molecule is COc1cc(Cn2cc(-c3c[nH]c4ncc(-c5cn[nH]c5C)nc34)cn2)ccc1F. The Morgan fingerprint density at radius 1 is 1.17 bits per heavy atom. The zero-order valence-corrected chi connectivity index (χ0v) is 16.3.